The van der Waals surface area contributed by atoms with E-state index < -0.39 is 0 Å². The highest BCUT2D eigenvalue weighted by Crippen LogP contribution is 2.34. The zero-order chi connectivity index (χ0) is 16.7. The van der Waals surface area contributed by atoms with Crippen LogP contribution in [0.25, 0.3) is 0 Å². The molecule has 122 valence electrons. The first kappa shape index (κ1) is 15.3. The Morgan fingerprint density at radius 2 is 1.96 bits per heavy atom. The number of hydrogen-bond acceptors (Lipinski definition) is 3. The summed E-state index contributed by atoms with van der Waals surface area (Å²) >= 11 is 6.30. The largest absolute Gasteiger partial charge is 0.365 e. The van der Waals surface area contributed by atoms with Gasteiger partial charge in [0.05, 0.1) is 17.9 Å². The first-order valence-corrected chi connectivity index (χ1v) is 8.67. The number of allylic oxidation sites excluding steroid dienone is 1. The Labute approximate surface area is 147 Å². The number of nitrogens with one attached hydrogen (secondary N) is 1. The summed E-state index contributed by atoms with van der Waals surface area (Å²) in [6.07, 6.45) is 2.37. The van der Waals surface area contributed by atoms with Crippen LogP contribution in [0.4, 0.5) is 5.69 Å². The predicted molar refractivity (Wildman–Crippen MR) is 101 cm³/mol. The monoisotopic (exact) mass is 337 g/mol. The maximum absolute atomic E-state index is 6.30. The second-order valence-corrected chi connectivity index (χ2v) is 6.96. The second kappa shape index (κ2) is 5.99. The molecule has 3 nitrogen and oxygen atoms in total. The molecule has 0 bridgehead atoms. The smallest absolute Gasteiger partial charge is 0.123 e. The van der Waals surface area contributed by atoms with E-state index >= 15 is 0 Å². The van der Waals surface area contributed by atoms with Crippen molar-refractivity contribution in [2.75, 3.05) is 11.4 Å². The summed E-state index contributed by atoms with van der Waals surface area (Å²) in [6.45, 7) is 5.10. The zero-order valence-electron chi connectivity index (χ0n) is 13.8. The number of anilines is 1. The molecule has 2 aliphatic heterocycles. The van der Waals surface area contributed by atoms with Crippen LogP contribution >= 0.6 is 11.6 Å². The highest BCUT2D eigenvalue weighted by Gasteiger charge is 2.31. The number of fused-ring (bicyclic) bond motifs is 3. The van der Waals surface area contributed by atoms with Crippen molar-refractivity contribution in [2.45, 2.75) is 20.0 Å². The first-order valence-electron chi connectivity index (χ1n) is 8.30. The molecule has 0 fully saturated rings. The molecule has 1 atom stereocenters. The fraction of sp³-hybridized carbons (Fsp3) is 0.250. The summed E-state index contributed by atoms with van der Waals surface area (Å²) < 4.78 is 0. The summed E-state index contributed by atoms with van der Waals surface area (Å²) in [5.41, 5.74) is 5.60. The highest BCUT2D eigenvalue weighted by molar-refractivity contribution is 6.31. The van der Waals surface area contributed by atoms with Crippen molar-refractivity contribution >= 4 is 23.0 Å². The molecule has 0 radical (unpaired) electrons. The number of hydrogen-bond donors (Lipinski definition) is 1. The molecule has 0 saturated carbocycles. The van der Waals surface area contributed by atoms with Crippen molar-refractivity contribution in [1.82, 2.24) is 5.32 Å². The van der Waals surface area contributed by atoms with Crippen molar-refractivity contribution in [3.63, 3.8) is 0 Å². The fourth-order valence-corrected chi connectivity index (χ4v) is 3.43. The number of benzene rings is 2. The van der Waals surface area contributed by atoms with Crippen LogP contribution in [0.2, 0.25) is 5.02 Å². The normalized spacial score (nSPS) is 19.2. The van der Waals surface area contributed by atoms with Gasteiger partial charge in [-0.25, -0.2) is 0 Å². The second-order valence-electron chi connectivity index (χ2n) is 6.52. The van der Waals surface area contributed by atoms with Gasteiger partial charge in [0.15, 0.2) is 0 Å². The van der Waals surface area contributed by atoms with E-state index in [4.69, 9.17) is 16.6 Å². The Hall–Kier alpha value is -2.26. The number of rotatable bonds is 2. The van der Waals surface area contributed by atoms with Gasteiger partial charge < -0.3 is 10.2 Å². The van der Waals surface area contributed by atoms with E-state index in [0.29, 0.717) is 12.5 Å². The van der Waals surface area contributed by atoms with Gasteiger partial charge >= 0.3 is 0 Å². The van der Waals surface area contributed by atoms with Crippen molar-refractivity contribution < 1.29 is 0 Å². The molecule has 2 aromatic carbocycles. The molecule has 0 aliphatic carbocycles. The maximum Gasteiger partial charge on any atom is 0.123 e. The molecular weight excluding hydrogens is 318 g/mol. The molecule has 4 rings (SSSR count). The summed E-state index contributed by atoms with van der Waals surface area (Å²) in [5, 5.41) is 4.34. The SMILES string of the molecule is CC(C)C1=CN2c3ccc(Cl)cc3C(c3ccccc3)=NCC2N1. The lowest BCUT2D eigenvalue weighted by Crippen LogP contribution is -2.38. The topological polar surface area (TPSA) is 27.6 Å². The van der Waals surface area contributed by atoms with E-state index in [1.165, 1.54) is 5.70 Å². The van der Waals surface area contributed by atoms with E-state index in [1.54, 1.807) is 0 Å². The Morgan fingerprint density at radius 3 is 2.71 bits per heavy atom. The van der Waals surface area contributed by atoms with Gasteiger partial charge in [-0.2, -0.15) is 0 Å². The van der Waals surface area contributed by atoms with Gasteiger partial charge in [-0.05, 0) is 24.1 Å². The summed E-state index contributed by atoms with van der Waals surface area (Å²) in [5.74, 6) is 0.463. The molecule has 24 heavy (non-hydrogen) atoms. The van der Waals surface area contributed by atoms with E-state index in [-0.39, 0.29) is 6.17 Å². The summed E-state index contributed by atoms with van der Waals surface area (Å²) in [4.78, 5) is 7.22. The third kappa shape index (κ3) is 2.59. The van der Waals surface area contributed by atoms with Gasteiger partial charge in [-0.1, -0.05) is 55.8 Å². The summed E-state index contributed by atoms with van der Waals surface area (Å²) in [7, 11) is 0. The Balaban J connectivity index is 1.86. The van der Waals surface area contributed by atoms with E-state index in [0.717, 1.165) is 27.5 Å². The van der Waals surface area contributed by atoms with Crippen LogP contribution in [0, 0.1) is 5.92 Å². The van der Waals surface area contributed by atoms with E-state index in [2.05, 4.69) is 48.5 Å². The van der Waals surface area contributed by atoms with Gasteiger partial charge in [-0.15, -0.1) is 0 Å². The van der Waals surface area contributed by atoms with Crippen LogP contribution < -0.4 is 10.2 Å². The van der Waals surface area contributed by atoms with Crippen LogP contribution in [0.1, 0.15) is 25.0 Å². The third-order valence-electron chi connectivity index (χ3n) is 4.53. The highest BCUT2D eigenvalue weighted by atomic mass is 35.5. The molecule has 2 aliphatic rings. The van der Waals surface area contributed by atoms with Gasteiger partial charge in [-0.3, -0.25) is 4.99 Å². The number of aliphatic imine (C=N–C) groups is 1. The molecule has 0 saturated heterocycles. The molecule has 1 N–H and O–H groups in total. The number of halogens is 1. The maximum atomic E-state index is 6.30. The third-order valence-corrected chi connectivity index (χ3v) is 4.77. The molecule has 0 amide bonds. The van der Waals surface area contributed by atoms with Gasteiger partial charge in [0.25, 0.3) is 0 Å². The molecular formula is C20H20ClN3. The van der Waals surface area contributed by atoms with Crippen LogP contribution in [-0.2, 0) is 0 Å². The zero-order valence-corrected chi connectivity index (χ0v) is 14.6. The first-order chi connectivity index (χ1) is 11.6. The van der Waals surface area contributed by atoms with Crippen molar-refractivity contribution in [3.05, 3.63) is 76.6 Å². The molecule has 0 spiro atoms. The van der Waals surface area contributed by atoms with Crippen LogP contribution in [-0.4, -0.2) is 18.4 Å². The Morgan fingerprint density at radius 1 is 1.17 bits per heavy atom. The average molecular weight is 338 g/mol. The standard InChI is InChI=1S/C20H20ClN3/c1-13(2)17-12-24-18-9-8-15(21)10-16(18)20(22-11-19(24)23-17)14-6-4-3-5-7-14/h3-10,12-13,19,23H,11H2,1-2H3. The van der Waals surface area contributed by atoms with E-state index in [9.17, 15) is 0 Å². The Bertz CT molecular complexity index is 824. The minimum atomic E-state index is 0.156. The lowest BCUT2D eigenvalue weighted by Gasteiger charge is -2.24. The molecule has 0 aromatic heterocycles. The van der Waals surface area contributed by atoms with Gasteiger partial charge in [0.1, 0.15) is 6.17 Å². The molecule has 2 heterocycles. The molecule has 2 aromatic rings. The van der Waals surface area contributed by atoms with Crippen molar-refractivity contribution in [2.24, 2.45) is 10.9 Å². The van der Waals surface area contributed by atoms with E-state index in [1.807, 2.05) is 30.3 Å². The van der Waals surface area contributed by atoms with Crippen LogP contribution in [0.15, 0.2) is 65.4 Å². The van der Waals surface area contributed by atoms with Gasteiger partial charge in [0.2, 0.25) is 0 Å². The predicted octanol–water partition coefficient (Wildman–Crippen LogP) is 4.42. The fourth-order valence-electron chi connectivity index (χ4n) is 3.25. The van der Waals surface area contributed by atoms with Crippen molar-refractivity contribution in [3.8, 4) is 0 Å². The van der Waals surface area contributed by atoms with Gasteiger partial charge in [0, 0.05) is 28.0 Å². The average Bonchev–Trinajstić information content (AvgIpc) is 2.95. The van der Waals surface area contributed by atoms with Crippen molar-refractivity contribution in [1.29, 1.82) is 0 Å². The minimum absolute atomic E-state index is 0.156. The lowest BCUT2D eigenvalue weighted by atomic mass is 10.0. The summed E-state index contributed by atoms with van der Waals surface area (Å²) in [6, 6.07) is 16.4. The Kier molecular flexibility index (Phi) is 3.81. The molecule has 1 unspecified atom stereocenters. The number of nitrogens with zero attached hydrogens (tertiary/aromatic N) is 2. The quantitative estimate of drug-likeness (QED) is 0.878. The lowest BCUT2D eigenvalue weighted by molar-refractivity contribution is 0.582. The van der Waals surface area contributed by atoms with Crippen LogP contribution in [0.3, 0.4) is 0 Å². The van der Waals surface area contributed by atoms with Crippen LogP contribution in [0.5, 0.6) is 0 Å². The molecule has 4 heteroatoms. The minimum Gasteiger partial charge on any atom is -0.365 e.